The molecule has 5 nitrogen and oxygen atoms in total. The van der Waals surface area contributed by atoms with E-state index in [2.05, 4.69) is 20.1 Å². The van der Waals surface area contributed by atoms with Crippen molar-refractivity contribution in [1.29, 1.82) is 0 Å². The van der Waals surface area contributed by atoms with E-state index in [1.54, 1.807) is 17.4 Å². The topological polar surface area (TPSA) is 59.8 Å². The van der Waals surface area contributed by atoms with Gasteiger partial charge in [0.05, 0.1) is 10.6 Å². The number of hydrogen-bond acceptors (Lipinski definition) is 4. The third kappa shape index (κ3) is 3.43. The highest BCUT2D eigenvalue weighted by Gasteiger charge is 2.19. The molecule has 1 amide bonds. The fourth-order valence-corrected chi connectivity index (χ4v) is 4.95. The zero-order chi connectivity index (χ0) is 19.8. The molecule has 1 aliphatic rings. The zero-order valence-electron chi connectivity index (χ0n) is 15.7. The number of carbonyl (C=O) groups is 1. The van der Waals surface area contributed by atoms with Crippen molar-refractivity contribution < 1.29 is 4.79 Å². The highest BCUT2D eigenvalue weighted by Crippen LogP contribution is 2.32. The minimum atomic E-state index is -0.129. The van der Waals surface area contributed by atoms with Gasteiger partial charge in [0.15, 0.2) is 5.82 Å². The minimum absolute atomic E-state index is 0.129. The lowest BCUT2D eigenvalue weighted by Gasteiger charge is -2.11. The molecule has 146 valence electrons. The first-order chi connectivity index (χ1) is 14.2. The van der Waals surface area contributed by atoms with Gasteiger partial charge < -0.3 is 9.88 Å². The molecule has 0 aliphatic carbocycles. The molecule has 7 heteroatoms. The van der Waals surface area contributed by atoms with E-state index in [-0.39, 0.29) is 5.91 Å². The molecule has 0 fully saturated rings. The number of halogens is 1. The van der Waals surface area contributed by atoms with Gasteiger partial charge in [0, 0.05) is 39.7 Å². The van der Waals surface area contributed by atoms with Crippen LogP contribution >= 0.6 is 22.9 Å². The Balaban J connectivity index is 1.47. The lowest BCUT2D eigenvalue weighted by Crippen LogP contribution is -2.11. The first kappa shape index (κ1) is 18.3. The fraction of sp³-hybridized carbons (Fsp3) is 0.227. The molecule has 0 unspecified atom stereocenters. The largest absolute Gasteiger partial charge is 0.322 e. The van der Waals surface area contributed by atoms with E-state index in [0.29, 0.717) is 16.3 Å². The number of carbonyl (C=O) groups excluding carboxylic acids is 1. The van der Waals surface area contributed by atoms with Gasteiger partial charge in [-0.3, -0.25) is 4.79 Å². The number of aryl methyl sites for hydroxylation is 1. The van der Waals surface area contributed by atoms with Crippen LogP contribution in [0.3, 0.4) is 0 Å². The molecule has 0 radical (unpaired) electrons. The van der Waals surface area contributed by atoms with Gasteiger partial charge in [-0.15, -0.1) is 21.5 Å². The van der Waals surface area contributed by atoms with Crippen LogP contribution in [0.25, 0.3) is 21.5 Å². The Morgan fingerprint density at radius 2 is 2.00 bits per heavy atom. The summed E-state index contributed by atoms with van der Waals surface area (Å²) in [6, 6.07) is 13.4. The molecule has 29 heavy (non-hydrogen) atoms. The van der Waals surface area contributed by atoms with Gasteiger partial charge in [-0.2, -0.15) is 0 Å². The summed E-state index contributed by atoms with van der Waals surface area (Å²) in [5.41, 5.74) is 2.16. The van der Waals surface area contributed by atoms with Crippen LogP contribution in [-0.4, -0.2) is 20.7 Å². The van der Waals surface area contributed by atoms with Crippen LogP contribution in [0, 0.1) is 0 Å². The number of fused-ring (bicyclic) bond motifs is 2. The summed E-state index contributed by atoms with van der Waals surface area (Å²) in [6.45, 7) is 0.894. The van der Waals surface area contributed by atoms with Gasteiger partial charge in [0.2, 0.25) is 0 Å². The van der Waals surface area contributed by atoms with Gasteiger partial charge in [-0.1, -0.05) is 36.2 Å². The summed E-state index contributed by atoms with van der Waals surface area (Å²) in [5.74, 6) is 1.65. The summed E-state index contributed by atoms with van der Waals surface area (Å²) in [5, 5.41) is 15.2. The monoisotopic (exact) mass is 422 g/mol. The van der Waals surface area contributed by atoms with Gasteiger partial charge in [-0.25, -0.2) is 0 Å². The van der Waals surface area contributed by atoms with Crippen molar-refractivity contribution in [2.24, 2.45) is 0 Å². The second-order valence-corrected chi connectivity index (χ2v) is 8.51. The molecule has 0 spiro atoms. The predicted molar refractivity (Wildman–Crippen MR) is 118 cm³/mol. The SMILES string of the molecule is O=C(Nc1ccc(Cl)c(-c2nnc3n2CCCCC3)c1)c1csc2ccccc12. The molecular formula is C22H19ClN4OS. The molecule has 3 heterocycles. The maximum atomic E-state index is 12.9. The average Bonchev–Trinajstić information content (AvgIpc) is 3.27. The van der Waals surface area contributed by atoms with E-state index < -0.39 is 0 Å². The van der Waals surface area contributed by atoms with E-state index in [1.807, 2.05) is 41.8 Å². The Bertz CT molecular complexity index is 1210. The van der Waals surface area contributed by atoms with Crippen LogP contribution in [0.1, 0.15) is 35.4 Å². The van der Waals surface area contributed by atoms with Crippen molar-refractivity contribution in [3.8, 4) is 11.4 Å². The van der Waals surface area contributed by atoms with Crippen molar-refractivity contribution in [3.63, 3.8) is 0 Å². The van der Waals surface area contributed by atoms with Crippen molar-refractivity contribution in [2.45, 2.75) is 32.2 Å². The lowest BCUT2D eigenvalue weighted by molar-refractivity contribution is 0.102. The summed E-state index contributed by atoms with van der Waals surface area (Å²) in [4.78, 5) is 12.9. The number of rotatable bonds is 3. The molecule has 0 bridgehead atoms. The summed E-state index contributed by atoms with van der Waals surface area (Å²) < 4.78 is 3.26. The van der Waals surface area contributed by atoms with E-state index >= 15 is 0 Å². The van der Waals surface area contributed by atoms with Crippen molar-refractivity contribution in [1.82, 2.24) is 14.8 Å². The second kappa shape index (κ2) is 7.61. The van der Waals surface area contributed by atoms with E-state index in [4.69, 9.17) is 11.6 Å². The number of aromatic nitrogens is 3. The van der Waals surface area contributed by atoms with E-state index in [1.165, 1.54) is 6.42 Å². The molecule has 0 atom stereocenters. The van der Waals surface area contributed by atoms with Gasteiger partial charge in [0.1, 0.15) is 5.82 Å². The van der Waals surface area contributed by atoms with Crippen molar-refractivity contribution >= 4 is 44.6 Å². The van der Waals surface area contributed by atoms with Crippen LogP contribution in [-0.2, 0) is 13.0 Å². The first-order valence-electron chi connectivity index (χ1n) is 9.70. The van der Waals surface area contributed by atoms with Crippen LogP contribution < -0.4 is 5.32 Å². The van der Waals surface area contributed by atoms with Crippen LogP contribution in [0.2, 0.25) is 5.02 Å². The maximum absolute atomic E-state index is 12.9. The highest BCUT2D eigenvalue weighted by molar-refractivity contribution is 7.17. The van der Waals surface area contributed by atoms with E-state index in [0.717, 1.165) is 53.1 Å². The maximum Gasteiger partial charge on any atom is 0.257 e. The zero-order valence-corrected chi connectivity index (χ0v) is 17.3. The number of benzene rings is 2. The molecule has 1 N–H and O–H groups in total. The summed E-state index contributed by atoms with van der Waals surface area (Å²) in [7, 11) is 0. The number of thiophene rings is 1. The van der Waals surface area contributed by atoms with Crippen LogP contribution in [0.4, 0.5) is 5.69 Å². The Kier molecular flexibility index (Phi) is 4.81. The third-order valence-corrected chi connectivity index (χ3v) is 6.59. The van der Waals surface area contributed by atoms with Gasteiger partial charge >= 0.3 is 0 Å². The average molecular weight is 423 g/mol. The summed E-state index contributed by atoms with van der Waals surface area (Å²) >= 11 is 8.06. The minimum Gasteiger partial charge on any atom is -0.322 e. The Labute approximate surface area is 177 Å². The second-order valence-electron chi connectivity index (χ2n) is 7.20. The lowest BCUT2D eigenvalue weighted by atomic mass is 10.1. The van der Waals surface area contributed by atoms with Crippen molar-refractivity contribution in [2.75, 3.05) is 5.32 Å². The molecule has 0 saturated heterocycles. The van der Waals surface area contributed by atoms with Gasteiger partial charge in [0.25, 0.3) is 5.91 Å². The molecule has 0 saturated carbocycles. The molecular weight excluding hydrogens is 404 g/mol. The predicted octanol–water partition coefficient (Wildman–Crippen LogP) is 5.79. The summed E-state index contributed by atoms with van der Waals surface area (Å²) in [6.07, 6.45) is 4.38. The molecule has 5 rings (SSSR count). The molecule has 2 aromatic carbocycles. The van der Waals surface area contributed by atoms with Crippen LogP contribution in [0.5, 0.6) is 0 Å². The van der Waals surface area contributed by atoms with Gasteiger partial charge in [-0.05, 0) is 37.1 Å². The number of nitrogens with one attached hydrogen (secondary N) is 1. The normalized spacial score (nSPS) is 13.8. The Morgan fingerprint density at radius 3 is 2.93 bits per heavy atom. The molecule has 2 aromatic heterocycles. The number of hydrogen-bond donors (Lipinski definition) is 1. The molecule has 4 aromatic rings. The first-order valence-corrected chi connectivity index (χ1v) is 11.0. The smallest absolute Gasteiger partial charge is 0.257 e. The highest BCUT2D eigenvalue weighted by atomic mass is 35.5. The number of amides is 1. The van der Waals surface area contributed by atoms with E-state index in [9.17, 15) is 4.79 Å². The molecule has 1 aliphatic heterocycles. The van der Waals surface area contributed by atoms with Crippen molar-refractivity contribution in [3.05, 3.63) is 64.3 Å². The Hall–Kier alpha value is -2.70. The number of anilines is 1. The third-order valence-electron chi connectivity index (χ3n) is 5.30. The standard InChI is InChI=1S/C22H19ClN4OS/c23-18-10-9-14(24-22(28)17-13-29-19-7-4-3-6-15(17)19)12-16(18)21-26-25-20-8-2-1-5-11-27(20)21/h3-4,6-7,9-10,12-13H,1-2,5,8,11H2,(H,24,28). The number of nitrogens with zero attached hydrogens (tertiary/aromatic N) is 3. The van der Waals surface area contributed by atoms with Crippen LogP contribution in [0.15, 0.2) is 47.8 Å². The Morgan fingerprint density at radius 1 is 1.10 bits per heavy atom. The quantitative estimate of drug-likeness (QED) is 0.454. The fourth-order valence-electron chi connectivity index (χ4n) is 3.81.